The van der Waals surface area contributed by atoms with Crippen molar-refractivity contribution in [3.8, 4) is 0 Å². The van der Waals surface area contributed by atoms with Crippen LogP contribution in [-0.2, 0) is 18.7 Å². The predicted molar refractivity (Wildman–Crippen MR) is 102 cm³/mol. The number of aryl methyl sites for hydroxylation is 1. The Balaban J connectivity index is 1.60. The SMILES string of the molecule is CCn1c(CCC2CCCCC2)nnc1SCc1ccccc1Cl. The van der Waals surface area contributed by atoms with E-state index in [-0.39, 0.29) is 0 Å². The highest BCUT2D eigenvalue weighted by atomic mass is 35.5. The Morgan fingerprint density at radius 3 is 2.71 bits per heavy atom. The first kappa shape index (κ1) is 17.8. The Kier molecular flexibility index (Phi) is 6.61. The van der Waals surface area contributed by atoms with E-state index >= 15 is 0 Å². The molecule has 0 N–H and O–H groups in total. The summed E-state index contributed by atoms with van der Waals surface area (Å²) in [7, 11) is 0. The van der Waals surface area contributed by atoms with E-state index in [1.165, 1.54) is 38.5 Å². The number of aromatic nitrogens is 3. The molecule has 5 heteroatoms. The minimum atomic E-state index is 0.824. The number of hydrogen-bond donors (Lipinski definition) is 0. The molecule has 0 saturated heterocycles. The molecule has 0 amide bonds. The van der Waals surface area contributed by atoms with Gasteiger partial charge in [-0.3, -0.25) is 0 Å². The van der Waals surface area contributed by atoms with E-state index in [0.717, 1.165) is 46.2 Å². The number of hydrogen-bond acceptors (Lipinski definition) is 3. The normalized spacial score (nSPS) is 15.8. The van der Waals surface area contributed by atoms with Crippen molar-refractivity contribution in [2.45, 2.75) is 69.3 Å². The molecule has 0 spiro atoms. The monoisotopic (exact) mass is 363 g/mol. The molecule has 0 bridgehead atoms. The van der Waals surface area contributed by atoms with Crippen LogP contribution in [0.2, 0.25) is 5.02 Å². The summed E-state index contributed by atoms with van der Waals surface area (Å²) in [6, 6.07) is 8.01. The van der Waals surface area contributed by atoms with Gasteiger partial charge in [-0.15, -0.1) is 10.2 Å². The molecule has 1 fully saturated rings. The predicted octanol–water partition coefficient (Wildman–Crippen LogP) is 5.76. The van der Waals surface area contributed by atoms with Crippen molar-refractivity contribution in [2.24, 2.45) is 5.92 Å². The molecular formula is C19H26ClN3S. The third-order valence-electron chi connectivity index (χ3n) is 4.93. The zero-order chi connectivity index (χ0) is 16.8. The fourth-order valence-corrected chi connectivity index (χ4v) is 4.80. The van der Waals surface area contributed by atoms with Crippen LogP contribution in [0.5, 0.6) is 0 Å². The van der Waals surface area contributed by atoms with Gasteiger partial charge in [0.15, 0.2) is 5.16 Å². The van der Waals surface area contributed by atoms with Gasteiger partial charge in [-0.1, -0.05) is 73.7 Å². The number of halogens is 1. The van der Waals surface area contributed by atoms with Crippen molar-refractivity contribution in [3.63, 3.8) is 0 Å². The lowest BCUT2D eigenvalue weighted by Gasteiger charge is -2.21. The van der Waals surface area contributed by atoms with Crippen LogP contribution >= 0.6 is 23.4 Å². The van der Waals surface area contributed by atoms with Crippen LogP contribution in [0.3, 0.4) is 0 Å². The average molecular weight is 364 g/mol. The molecular weight excluding hydrogens is 338 g/mol. The lowest BCUT2D eigenvalue weighted by Crippen LogP contribution is -2.10. The van der Waals surface area contributed by atoms with Crippen molar-refractivity contribution >= 4 is 23.4 Å². The van der Waals surface area contributed by atoms with Crippen LogP contribution in [0.1, 0.15) is 56.8 Å². The Labute approximate surface area is 154 Å². The third kappa shape index (κ3) is 4.54. The number of benzene rings is 1. The van der Waals surface area contributed by atoms with Gasteiger partial charge in [0.1, 0.15) is 5.82 Å². The summed E-state index contributed by atoms with van der Waals surface area (Å²) in [6.07, 6.45) is 9.34. The largest absolute Gasteiger partial charge is 0.306 e. The first-order valence-corrected chi connectivity index (χ1v) is 10.4. The molecule has 24 heavy (non-hydrogen) atoms. The van der Waals surface area contributed by atoms with Crippen LogP contribution < -0.4 is 0 Å². The van der Waals surface area contributed by atoms with Crippen molar-refractivity contribution < 1.29 is 0 Å². The molecule has 1 aliphatic rings. The highest BCUT2D eigenvalue weighted by Crippen LogP contribution is 2.29. The molecule has 3 nitrogen and oxygen atoms in total. The van der Waals surface area contributed by atoms with Gasteiger partial charge in [-0.05, 0) is 30.9 Å². The summed E-state index contributed by atoms with van der Waals surface area (Å²) in [5, 5.41) is 10.7. The van der Waals surface area contributed by atoms with Gasteiger partial charge in [0.25, 0.3) is 0 Å². The molecule has 1 aromatic heterocycles. The van der Waals surface area contributed by atoms with E-state index in [1.54, 1.807) is 11.8 Å². The molecule has 0 radical (unpaired) electrons. The fraction of sp³-hybridized carbons (Fsp3) is 0.579. The van der Waals surface area contributed by atoms with E-state index in [4.69, 9.17) is 11.6 Å². The van der Waals surface area contributed by atoms with Crippen molar-refractivity contribution in [1.29, 1.82) is 0 Å². The summed E-state index contributed by atoms with van der Waals surface area (Å²) in [5.74, 6) is 2.87. The molecule has 0 atom stereocenters. The number of nitrogens with zero attached hydrogens (tertiary/aromatic N) is 3. The molecule has 0 aliphatic heterocycles. The van der Waals surface area contributed by atoms with Gasteiger partial charge in [0.05, 0.1) is 0 Å². The second-order valence-electron chi connectivity index (χ2n) is 6.57. The third-order valence-corrected chi connectivity index (χ3v) is 6.31. The van der Waals surface area contributed by atoms with Crippen LogP contribution in [0.25, 0.3) is 0 Å². The highest BCUT2D eigenvalue weighted by molar-refractivity contribution is 7.98. The van der Waals surface area contributed by atoms with Crippen LogP contribution in [0, 0.1) is 5.92 Å². The second-order valence-corrected chi connectivity index (χ2v) is 7.92. The Morgan fingerprint density at radius 2 is 1.96 bits per heavy atom. The minimum Gasteiger partial charge on any atom is -0.306 e. The topological polar surface area (TPSA) is 30.7 Å². The quantitative estimate of drug-likeness (QED) is 0.586. The maximum Gasteiger partial charge on any atom is 0.191 e. The molecule has 130 valence electrons. The molecule has 2 aromatic rings. The first-order chi connectivity index (χ1) is 11.8. The van der Waals surface area contributed by atoms with Gasteiger partial charge in [0, 0.05) is 23.7 Å². The Hall–Kier alpha value is -1.00. The summed E-state index contributed by atoms with van der Waals surface area (Å²) in [5.41, 5.74) is 1.15. The molecule has 1 aliphatic carbocycles. The van der Waals surface area contributed by atoms with Gasteiger partial charge in [0.2, 0.25) is 0 Å². The van der Waals surface area contributed by atoms with Gasteiger partial charge in [-0.2, -0.15) is 0 Å². The van der Waals surface area contributed by atoms with Crippen molar-refractivity contribution in [3.05, 3.63) is 40.7 Å². The lowest BCUT2D eigenvalue weighted by atomic mass is 9.86. The summed E-state index contributed by atoms with van der Waals surface area (Å²) in [6.45, 7) is 3.10. The van der Waals surface area contributed by atoms with Crippen molar-refractivity contribution in [1.82, 2.24) is 14.8 Å². The van der Waals surface area contributed by atoms with E-state index in [9.17, 15) is 0 Å². The second kappa shape index (κ2) is 8.91. The highest BCUT2D eigenvalue weighted by Gasteiger charge is 2.17. The number of thioether (sulfide) groups is 1. The summed E-state index contributed by atoms with van der Waals surface area (Å²) in [4.78, 5) is 0. The smallest absolute Gasteiger partial charge is 0.191 e. The van der Waals surface area contributed by atoms with E-state index in [0.29, 0.717) is 0 Å². The average Bonchev–Trinajstić information content (AvgIpc) is 3.02. The molecule has 1 heterocycles. The number of rotatable bonds is 7. The van der Waals surface area contributed by atoms with E-state index in [2.05, 4.69) is 27.8 Å². The van der Waals surface area contributed by atoms with Gasteiger partial charge in [-0.25, -0.2) is 0 Å². The lowest BCUT2D eigenvalue weighted by molar-refractivity contribution is 0.335. The zero-order valence-corrected chi connectivity index (χ0v) is 16.0. The molecule has 1 saturated carbocycles. The maximum absolute atomic E-state index is 6.25. The molecule has 0 unspecified atom stereocenters. The van der Waals surface area contributed by atoms with E-state index in [1.807, 2.05) is 18.2 Å². The Morgan fingerprint density at radius 1 is 1.17 bits per heavy atom. The van der Waals surface area contributed by atoms with Crippen LogP contribution in [0.4, 0.5) is 0 Å². The van der Waals surface area contributed by atoms with Crippen molar-refractivity contribution in [2.75, 3.05) is 0 Å². The van der Waals surface area contributed by atoms with Gasteiger partial charge < -0.3 is 4.57 Å². The minimum absolute atomic E-state index is 0.824. The summed E-state index contributed by atoms with van der Waals surface area (Å²) < 4.78 is 2.27. The van der Waals surface area contributed by atoms with Gasteiger partial charge >= 0.3 is 0 Å². The molecule has 3 rings (SSSR count). The Bertz CT molecular complexity index is 650. The van der Waals surface area contributed by atoms with Crippen LogP contribution in [0.15, 0.2) is 29.4 Å². The standard InChI is InChI=1S/C19H26ClN3S/c1-2-23-18(13-12-15-8-4-3-5-9-15)21-22-19(23)24-14-16-10-6-7-11-17(16)20/h6-7,10-11,15H,2-5,8-9,12-14H2,1H3. The van der Waals surface area contributed by atoms with Crippen LogP contribution in [-0.4, -0.2) is 14.8 Å². The zero-order valence-electron chi connectivity index (χ0n) is 14.4. The first-order valence-electron chi connectivity index (χ1n) is 9.06. The fourth-order valence-electron chi connectivity index (χ4n) is 3.50. The maximum atomic E-state index is 6.25. The molecule has 1 aromatic carbocycles. The summed E-state index contributed by atoms with van der Waals surface area (Å²) >= 11 is 7.97. The van der Waals surface area contributed by atoms with E-state index < -0.39 is 0 Å².